The Labute approximate surface area is 165 Å². The second-order valence-corrected chi connectivity index (χ2v) is 6.57. The summed E-state index contributed by atoms with van der Waals surface area (Å²) in [5, 5.41) is 20.2. The van der Waals surface area contributed by atoms with Crippen molar-refractivity contribution in [3.05, 3.63) is 62.3 Å². The average Bonchev–Trinajstić information content (AvgIpc) is 2.61. The number of carbonyl (C=O) groups excluding carboxylic acids is 1. The topological polar surface area (TPSA) is 85.9 Å². The van der Waals surface area contributed by atoms with Crippen molar-refractivity contribution in [2.24, 2.45) is 0 Å². The molecule has 0 radical (unpaired) electrons. The summed E-state index contributed by atoms with van der Waals surface area (Å²) in [5.41, 5.74) is 0.326. The number of benzene rings is 2. The number of ether oxygens (including phenoxy) is 1. The number of anilines is 1. The molecule has 0 aliphatic heterocycles. The van der Waals surface area contributed by atoms with E-state index in [9.17, 15) is 14.4 Å². The van der Waals surface area contributed by atoms with Gasteiger partial charge in [0.1, 0.15) is 29.3 Å². The van der Waals surface area contributed by atoms with Crippen molar-refractivity contribution in [3.63, 3.8) is 0 Å². The fourth-order valence-corrected chi connectivity index (χ4v) is 3.42. The number of carbonyl (C=O) groups is 1. The second kappa shape index (κ2) is 9.14. The van der Waals surface area contributed by atoms with Crippen LogP contribution in [0.2, 0.25) is 0 Å². The largest absolute Gasteiger partial charge is 0.476 e. The minimum absolute atomic E-state index is 0.0127. The van der Waals surface area contributed by atoms with Crippen LogP contribution in [0.1, 0.15) is 5.56 Å². The van der Waals surface area contributed by atoms with Gasteiger partial charge in [0.15, 0.2) is 6.61 Å². The standard InChI is InChI=1S/C18H10Br2FN3O2/c19-13-8-11(9-14(20)17(13)26-6-5-22)7-12(10-23)18(25)24-16-4-2-1-3-15(16)21/h1-4,7-9H,6H2,(H,24,25)/b12-7-. The first-order valence-electron chi connectivity index (χ1n) is 7.12. The lowest BCUT2D eigenvalue weighted by Crippen LogP contribution is -2.14. The molecule has 8 heteroatoms. The Morgan fingerprint density at radius 3 is 2.46 bits per heavy atom. The van der Waals surface area contributed by atoms with Crippen LogP contribution in [0, 0.1) is 28.5 Å². The Hall–Kier alpha value is -2.68. The van der Waals surface area contributed by atoms with Gasteiger partial charge in [-0.1, -0.05) is 12.1 Å². The third-order valence-electron chi connectivity index (χ3n) is 3.10. The van der Waals surface area contributed by atoms with Crippen LogP contribution in [-0.2, 0) is 4.79 Å². The third-order valence-corrected chi connectivity index (χ3v) is 4.28. The van der Waals surface area contributed by atoms with Crippen LogP contribution in [0.3, 0.4) is 0 Å². The normalized spacial score (nSPS) is 10.6. The third kappa shape index (κ3) is 4.92. The number of rotatable bonds is 5. The van der Waals surface area contributed by atoms with Crippen molar-refractivity contribution in [3.8, 4) is 17.9 Å². The molecule has 0 aromatic heterocycles. The number of hydrogen-bond donors (Lipinski definition) is 1. The van der Waals surface area contributed by atoms with E-state index in [-0.39, 0.29) is 17.9 Å². The lowest BCUT2D eigenvalue weighted by Gasteiger charge is -2.09. The van der Waals surface area contributed by atoms with Crippen molar-refractivity contribution >= 4 is 49.5 Å². The Morgan fingerprint density at radius 1 is 1.23 bits per heavy atom. The summed E-state index contributed by atoms with van der Waals surface area (Å²) >= 11 is 6.63. The fraction of sp³-hybridized carbons (Fsp3) is 0.0556. The second-order valence-electron chi connectivity index (χ2n) is 4.86. The van der Waals surface area contributed by atoms with Gasteiger partial charge in [-0.25, -0.2) is 4.39 Å². The fourth-order valence-electron chi connectivity index (χ4n) is 1.97. The quantitative estimate of drug-likeness (QED) is 0.494. The summed E-state index contributed by atoms with van der Waals surface area (Å²) < 4.78 is 20.0. The van der Waals surface area contributed by atoms with Crippen LogP contribution in [0.15, 0.2) is 50.9 Å². The molecular formula is C18H10Br2FN3O2. The number of nitrogens with one attached hydrogen (secondary N) is 1. The van der Waals surface area contributed by atoms with E-state index < -0.39 is 11.7 Å². The maximum absolute atomic E-state index is 13.6. The van der Waals surface area contributed by atoms with Crippen LogP contribution in [-0.4, -0.2) is 12.5 Å². The summed E-state index contributed by atoms with van der Waals surface area (Å²) in [6.07, 6.45) is 1.36. The number of halogens is 3. The zero-order valence-electron chi connectivity index (χ0n) is 13.1. The van der Waals surface area contributed by atoms with Crippen LogP contribution < -0.4 is 10.1 Å². The zero-order valence-corrected chi connectivity index (χ0v) is 16.3. The molecule has 1 amide bonds. The Bertz CT molecular complexity index is 939. The van der Waals surface area contributed by atoms with Gasteiger partial charge in [-0.05, 0) is 67.8 Å². The molecule has 0 aliphatic carbocycles. The van der Waals surface area contributed by atoms with Crippen LogP contribution in [0.25, 0.3) is 6.08 Å². The number of nitriles is 2. The molecule has 1 N–H and O–H groups in total. The molecule has 0 unspecified atom stereocenters. The summed E-state index contributed by atoms with van der Waals surface area (Å²) in [7, 11) is 0. The highest BCUT2D eigenvalue weighted by Crippen LogP contribution is 2.35. The lowest BCUT2D eigenvalue weighted by molar-refractivity contribution is -0.112. The van der Waals surface area contributed by atoms with E-state index >= 15 is 0 Å². The summed E-state index contributed by atoms with van der Waals surface area (Å²) in [6.45, 7) is -0.124. The Morgan fingerprint density at radius 2 is 1.88 bits per heavy atom. The monoisotopic (exact) mass is 477 g/mol. The predicted molar refractivity (Wildman–Crippen MR) is 102 cm³/mol. The van der Waals surface area contributed by atoms with E-state index in [1.54, 1.807) is 24.3 Å². The van der Waals surface area contributed by atoms with Crippen LogP contribution in [0.5, 0.6) is 5.75 Å². The maximum atomic E-state index is 13.6. The molecule has 0 spiro atoms. The summed E-state index contributed by atoms with van der Waals surface area (Å²) in [4.78, 5) is 12.2. The van der Waals surface area contributed by atoms with Gasteiger partial charge in [0.25, 0.3) is 5.91 Å². The van der Waals surface area contributed by atoms with Crippen molar-refractivity contribution in [1.82, 2.24) is 0 Å². The first-order valence-corrected chi connectivity index (χ1v) is 8.71. The van der Waals surface area contributed by atoms with Gasteiger partial charge in [0.2, 0.25) is 0 Å². The van der Waals surface area contributed by atoms with Gasteiger partial charge >= 0.3 is 0 Å². The van der Waals surface area contributed by atoms with Gasteiger partial charge < -0.3 is 10.1 Å². The molecule has 2 aromatic carbocycles. The van der Waals surface area contributed by atoms with Gasteiger partial charge in [-0.15, -0.1) is 0 Å². The van der Waals surface area contributed by atoms with E-state index in [4.69, 9.17) is 10.00 Å². The Kier molecular flexibility index (Phi) is 6.90. The molecule has 5 nitrogen and oxygen atoms in total. The molecule has 0 saturated heterocycles. The van der Waals surface area contributed by atoms with Gasteiger partial charge in [0, 0.05) is 0 Å². The number of hydrogen-bond acceptors (Lipinski definition) is 4. The van der Waals surface area contributed by atoms with E-state index in [2.05, 4.69) is 37.2 Å². The first-order chi connectivity index (χ1) is 12.5. The van der Waals surface area contributed by atoms with E-state index in [1.807, 2.05) is 6.07 Å². The van der Waals surface area contributed by atoms with E-state index in [1.165, 1.54) is 24.3 Å². The van der Waals surface area contributed by atoms with Gasteiger partial charge in [-0.3, -0.25) is 4.79 Å². The molecule has 0 aliphatic rings. The SMILES string of the molecule is N#CCOc1c(Br)cc(/C=C(/C#N)C(=O)Nc2ccccc2F)cc1Br. The number of nitrogens with zero attached hydrogens (tertiary/aromatic N) is 2. The minimum Gasteiger partial charge on any atom is -0.476 e. The lowest BCUT2D eigenvalue weighted by atomic mass is 10.1. The molecule has 130 valence electrons. The zero-order chi connectivity index (χ0) is 19.1. The van der Waals surface area contributed by atoms with E-state index in [0.717, 1.165) is 0 Å². The molecule has 0 atom stereocenters. The smallest absolute Gasteiger partial charge is 0.266 e. The highest BCUT2D eigenvalue weighted by atomic mass is 79.9. The molecule has 26 heavy (non-hydrogen) atoms. The van der Waals surface area contributed by atoms with Crippen LogP contribution >= 0.6 is 31.9 Å². The highest BCUT2D eigenvalue weighted by Gasteiger charge is 2.13. The van der Waals surface area contributed by atoms with E-state index in [0.29, 0.717) is 20.3 Å². The molecule has 2 aromatic rings. The highest BCUT2D eigenvalue weighted by molar-refractivity contribution is 9.11. The average molecular weight is 479 g/mol. The molecule has 0 heterocycles. The van der Waals surface area contributed by atoms with Crippen molar-refractivity contribution in [2.75, 3.05) is 11.9 Å². The summed E-state index contributed by atoms with van der Waals surface area (Å²) in [5.74, 6) is -0.893. The first kappa shape index (κ1) is 19.6. The number of amides is 1. The molecule has 0 bridgehead atoms. The predicted octanol–water partition coefficient (Wildman–Crippen LogP) is 4.80. The van der Waals surface area contributed by atoms with Crippen LogP contribution in [0.4, 0.5) is 10.1 Å². The molecule has 0 fully saturated rings. The number of para-hydroxylation sites is 1. The minimum atomic E-state index is -0.727. The van der Waals surface area contributed by atoms with Crippen molar-refractivity contribution < 1.29 is 13.9 Å². The molecule has 0 saturated carbocycles. The van der Waals surface area contributed by atoms with Gasteiger partial charge in [0.05, 0.1) is 14.6 Å². The van der Waals surface area contributed by atoms with Crippen molar-refractivity contribution in [1.29, 1.82) is 10.5 Å². The van der Waals surface area contributed by atoms with Gasteiger partial charge in [-0.2, -0.15) is 10.5 Å². The summed E-state index contributed by atoms with van der Waals surface area (Å²) in [6, 6.07) is 12.6. The molecular weight excluding hydrogens is 469 g/mol. The van der Waals surface area contributed by atoms with Crippen molar-refractivity contribution in [2.45, 2.75) is 0 Å². The molecule has 2 rings (SSSR count). The Balaban J connectivity index is 2.28. The maximum Gasteiger partial charge on any atom is 0.266 e.